The number of carbonyl (C=O) groups excluding carboxylic acids is 1. The first kappa shape index (κ1) is 13.8. The molecule has 5 heteroatoms. The zero-order chi connectivity index (χ0) is 13.1. The summed E-state index contributed by atoms with van der Waals surface area (Å²) in [5, 5.41) is 3.60. The average molecular weight is 332 g/mol. The number of halogens is 2. The first-order valence-corrected chi connectivity index (χ1v) is 7.25. The summed E-state index contributed by atoms with van der Waals surface area (Å²) in [7, 11) is 0. The van der Waals surface area contributed by atoms with Crippen LogP contribution < -0.4 is 11.1 Å². The summed E-state index contributed by atoms with van der Waals surface area (Å²) in [4.78, 5) is 12.1. The third kappa shape index (κ3) is 3.46. The highest BCUT2D eigenvalue weighted by Crippen LogP contribution is 2.22. The molecule has 1 aliphatic rings. The predicted molar refractivity (Wildman–Crippen MR) is 76.8 cm³/mol. The summed E-state index contributed by atoms with van der Waals surface area (Å²) in [6, 6.07) is 5.73. The molecule has 0 saturated heterocycles. The number of hydrogen-bond acceptors (Lipinski definition) is 2. The van der Waals surface area contributed by atoms with E-state index in [-0.39, 0.29) is 18.0 Å². The maximum Gasteiger partial charge on any atom is 0.252 e. The highest BCUT2D eigenvalue weighted by Gasteiger charge is 2.21. The van der Waals surface area contributed by atoms with Gasteiger partial charge in [0.15, 0.2) is 0 Å². The SMILES string of the molecule is NC1CCC(NC(=O)c2cc(Cl)ccc2Br)CC1. The molecule has 3 nitrogen and oxygen atoms in total. The lowest BCUT2D eigenvalue weighted by molar-refractivity contribution is 0.0925. The van der Waals surface area contributed by atoms with Crippen molar-refractivity contribution < 1.29 is 4.79 Å². The molecular weight excluding hydrogens is 316 g/mol. The largest absolute Gasteiger partial charge is 0.349 e. The number of benzene rings is 1. The Balaban J connectivity index is 2.01. The smallest absolute Gasteiger partial charge is 0.252 e. The van der Waals surface area contributed by atoms with E-state index in [1.165, 1.54) is 0 Å². The van der Waals surface area contributed by atoms with Crippen LogP contribution in [0.15, 0.2) is 22.7 Å². The number of nitrogens with one attached hydrogen (secondary N) is 1. The molecule has 98 valence electrons. The van der Waals surface area contributed by atoms with Crippen molar-refractivity contribution in [2.75, 3.05) is 0 Å². The van der Waals surface area contributed by atoms with Gasteiger partial charge in [-0.2, -0.15) is 0 Å². The van der Waals surface area contributed by atoms with E-state index in [1.54, 1.807) is 18.2 Å². The fourth-order valence-electron chi connectivity index (χ4n) is 2.20. The van der Waals surface area contributed by atoms with E-state index < -0.39 is 0 Å². The molecule has 1 saturated carbocycles. The Morgan fingerprint density at radius 3 is 2.67 bits per heavy atom. The lowest BCUT2D eigenvalue weighted by Crippen LogP contribution is -2.40. The van der Waals surface area contributed by atoms with E-state index in [2.05, 4.69) is 21.2 Å². The molecule has 0 aliphatic heterocycles. The minimum absolute atomic E-state index is 0.0788. The second-order valence-corrected chi connectivity index (χ2v) is 6.00. The zero-order valence-electron chi connectivity index (χ0n) is 9.96. The highest BCUT2D eigenvalue weighted by atomic mass is 79.9. The lowest BCUT2D eigenvalue weighted by Gasteiger charge is -2.26. The number of amides is 1. The van der Waals surface area contributed by atoms with Crippen LogP contribution in [-0.4, -0.2) is 18.0 Å². The number of rotatable bonds is 2. The molecule has 0 radical (unpaired) electrons. The molecule has 1 aliphatic carbocycles. The van der Waals surface area contributed by atoms with E-state index in [9.17, 15) is 4.79 Å². The van der Waals surface area contributed by atoms with Crippen LogP contribution in [-0.2, 0) is 0 Å². The van der Waals surface area contributed by atoms with Crippen LogP contribution in [0.1, 0.15) is 36.0 Å². The highest BCUT2D eigenvalue weighted by molar-refractivity contribution is 9.10. The molecule has 1 amide bonds. The van der Waals surface area contributed by atoms with E-state index in [4.69, 9.17) is 17.3 Å². The van der Waals surface area contributed by atoms with Crippen LogP contribution in [0, 0.1) is 0 Å². The minimum Gasteiger partial charge on any atom is -0.349 e. The van der Waals surface area contributed by atoms with Crippen molar-refractivity contribution in [3.05, 3.63) is 33.3 Å². The number of nitrogens with two attached hydrogens (primary N) is 1. The fourth-order valence-corrected chi connectivity index (χ4v) is 2.80. The molecule has 0 unspecified atom stereocenters. The maximum atomic E-state index is 12.1. The summed E-state index contributed by atoms with van der Waals surface area (Å²) in [5.74, 6) is -0.0788. The van der Waals surface area contributed by atoms with Gasteiger partial charge in [-0.05, 0) is 59.8 Å². The molecule has 0 spiro atoms. The Morgan fingerprint density at radius 2 is 2.00 bits per heavy atom. The molecule has 0 aromatic heterocycles. The lowest BCUT2D eigenvalue weighted by atomic mass is 9.91. The summed E-state index contributed by atoms with van der Waals surface area (Å²) in [6.45, 7) is 0. The average Bonchev–Trinajstić information content (AvgIpc) is 2.35. The van der Waals surface area contributed by atoms with Crippen molar-refractivity contribution in [1.29, 1.82) is 0 Å². The standard InChI is InChI=1S/C13H16BrClN2O/c14-12-6-1-8(15)7-11(12)13(18)17-10-4-2-9(16)3-5-10/h1,6-7,9-10H,2-5,16H2,(H,17,18). The molecule has 0 heterocycles. The summed E-state index contributed by atoms with van der Waals surface area (Å²) in [6.07, 6.45) is 3.85. The van der Waals surface area contributed by atoms with Crippen LogP contribution in [0.5, 0.6) is 0 Å². The first-order valence-electron chi connectivity index (χ1n) is 6.08. The van der Waals surface area contributed by atoms with Gasteiger partial charge in [0.1, 0.15) is 0 Å². The molecule has 1 fully saturated rings. The second kappa shape index (κ2) is 6.04. The zero-order valence-corrected chi connectivity index (χ0v) is 12.3. The van der Waals surface area contributed by atoms with Crippen LogP contribution in [0.3, 0.4) is 0 Å². The Morgan fingerprint density at radius 1 is 1.33 bits per heavy atom. The van der Waals surface area contributed by atoms with Crippen LogP contribution in [0.4, 0.5) is 0 Å². The van der Waals surface area contributed by atoms with Gasteiger partial charge in [0.25, 0.3) is 5.91 Å². The number of hydrogen-bond donors (Lipinski definition) is 2. The van der Waals surface area contributed by atoms with Gasteiger partial charge in [0, 0.05) is 21.6 Å². The van der Waals surface area contributed by atoms with Crippen molar-refractivity contribution in [3.8, 4) is 0 Å². The van der Waals surface area contributed by atoms with Crippen molar-refractivity contribution in [2.24, 2.45) is 5.73 Å². The van der Waals surface area contributed by atoms with Crippen LogP contribution in [0.2, 0.25) is 5.02 Å². The molecule has 0 bridgehead atoms. The summed E-state index contributed by atoms with van der Waals surface area (Å²) in [5.41, 5.74) is 6.43. The van der Waals surface area contributed by atoms with Crippen molar-refractivity contribution >= 4 is 33.4 Å². The fraction of sp³-hybridized carbons (Fsp3) is 0.462. The van der Waals surface area contributed by atoms with Gasteiger partial charge in [-0.3, -0.25) is 4.79 Å². The maximum absolute atomic E-state index is 12.1. The van der Waals surface area contributed by atoms with Crippen LogP contribution >= 0.6 is 27.5 Å². The van der Waals surface area contributed by atoms with E-state index >= 15 is 0 Å². The van der Waals surface area contributed by atoms with Gasteiger partial charge in [-0.15, -0.1) is 0 Å². The van der Waals surface area contributed by atoms with Gasteiger partial charge in [0.05, 0.1) is 5.56 Å². The predicted octanol–water partition coefficient (Wildman–Crippen LogP) is 3.10. The Labute approximate surface area is 120 Å². The topological polar surface area (TPSA) is 55.1 Å². The second-order valence-electron chi connectivity index (χ2n) is 4.71. The summed E-state index contributed by atoms with van der Waals surface area (Å²) < 4.78 is 0.761. The molecule has 1 aromatic rings. The van der Waals surface area contributed by atoms with Crippen molar-refractivity contribution in [2.45, 2.75) is 37.8 Å². The Hall–Kier alpha value is -0.580. The Bertz CT molecular complexity index is 445. The van der Waals surface area contributed by atoms with Crippen molar-refractivity contribution in [3.63, 3.8) is 0 Å². The third-order valence-corrected chi connectivity index (χ3v) is 4.21. The molecule has 0 atom stereocenters. The molecule has 1 aromatic carbocycles. The van der Waals surface area contributed by atoms with Gasteiger partial charge in [0.2, 0.25) is 0 Å². The quantitative estimate of drug-likeness (QED) is 0.875. The molecule has 3 N–H and O–H groups in total. The van der Waals surface area contributed by atoms with Gasteiger partial charge in [-0.1, -0.05) is 11.6 Å². The molecular formula is C13H16BrClN2O. The molecule has 18 heavy (non-hydrogen) atoms. The third-order valence-electron chi connectivity index (χ3n) is 3.28. The number of carbonyl (C=O) groups is 1. The van der Waals surface area contributed by atoms with Gasteiger partial charge in [-0.25, -0.2) is 0 Å². The molecule has 2 rings (SSSR count). The van der Waals surface area contributed by atoms with Gasteiger partial charge >= 0.3 is 0 Å². The van der Waals surface area contributed by atoms with E-state index in [0.29, 0.717) is 10.6 Å². The first-order chi connectivity index (χ1) is 8.56. The monoisotopic (exact) mass is 330 g/mol. The Kier molecular flexibility index (Phi) is 4.65. The van der Waals surface area contributed by atoms with Gasteiger partial charge < -0.3 is 11.1 Å². The van der Waals surface area contributed by atoms with Crippen LogP contribution in [0.25, 0.3) is 0 Å². The van der Waals surface area contributed by atoms with E-state index in [1.807, 2.05) is 0 Å². The minimum atomic E-state index is -0.0788. The normalized spacial score (nSPS) is 23.7. The summed E-state index contributed by atoms with van der Waals surface area (Å²) >= 11 is 9.27. The van der Waals surface area contributed by atoms with E-state index in [0.717, 1.165) is 30.2 Å². The van der Waals surface area contributed by atoms with Crippen molar-refractivity contribution in [1.82, 2.24) is 5.32 Å².